The fourth-order valence-corrected chi connectivity index (χ4v) is 1.93. The van der Waals surface area contributed by atoms with E-state index in [1.807, 2.05) is 18.7 Å². The van der Waals surface area contributed by atoms with Crippen LogP contribution in [-0.4, -0.2) is 38.3 Å². The van der Waals surface area contributed by atoms with Gasteiger partial charge in [0.05, 0.1) is 12.2 Å². The normalized spacial score (nSPS) is 13.1. The largest absolute Gasteiger partial charge is 0.416 e. The van der Waals surface area contributed by atoms with Gasteiger partial charge in [-0.3, -0.25) is 0 Å². The van der Waals surface area contributed by atoms with E-state index in [1.165, 1.54) is 0 Å². The number of aromatic nitrogens is 1. The number of pyridine rings is 1. The molecule has 7 heteroatoms. The molecule has 120 valence electrons. The first-order chi connectivity index (χ1) is 9.83. The molecular formula is C14H22F3N3O. The lowest BCUT2D eigenvalue weighted by Crippen LogP contribution is -2.36. The van der Waals surface area contributed by atoms with Crippen molar-refractivity contribution in [3.05, 3.63) is 17.7 Å². The number of alkyl halides is 3. The van der Waals surface area contributed by atoms with Crippen LogP contribution < -0.4 is 10.2 Å². The van der Waals surface area contributed by atoms with Gasteiger partial charge in [0.15, 0.2) is 0 Å². The first kappa shape index (κ1) is 17.6. The van der Waals surface area contributed by atoms with Crippen molar-refractivity contribution in [1.82, 2.24) is 4.98 Å². The van der Waals surface area contributed by atoms with Crippen molar-refractivity contribution in [1.29, 1.82) is 0 Å². The molecular weight excluding hydrogens is 283 g/mol. The van der Waals surface area contributed by atoms with Crippen molar-refractivity contribution in [3.8, 4) is 0 Å². The Labute approximate surface area is 123 Å². The lowest BCUT2D eigenvalue weighted by atomic mass is 10.2. The van der Waals surface area contributed by atoms with E-state index >= 15 is 0 Å². The van der Waals surface area contributed by atoms with Crippen LogP contribution in [0.1, 0.15) is 25.8 Å². The molecule has 21 heavy (non-hydrogen) atoms. The van der Waals surface area contributed by atoms with E-state index in [4.69, 9.17) is 4.74 Å². The average molecular weight is 305 g/mol. The van der Waals surface area contributed by atoms with Gasteiger partial charge in [-0.1, -0.05) is 6.92 Å². The Morgan fingerprint density at radius 3 is 2.52 bits per heavy atom. The summed E-state index contributed by atoms with van der Waals surface area (Å²) in [5.41, 5.74) is -0.706. The molecule has 1 N–H and O–H groups in total. The van der Waals surface area contributed by atoms with Crippen LogP contribution in [0.15, 0.2) is 12.1 Å². The molecule has 1 atom stereocenters. The van der Waals surface area contributed by atoms with Crippen LogP contribution in [-0.2, 0) is 10.9 Å². The Kier molecular flexibility index (Phi) is 6.26. The van der Waals surface area contributed by atoms with Crippen molar-refractivity contribution in [3.63, 3.8) is 0 Å². The number of rotatable bonds is 7. The van der Waals surface area contributed by atoms with E-state index in [9.17, 15) is 13.2 Å². The van der Waals surface area contributed by atoms with Crippen LogP contribution in [0.5, 0.6) is 0 Å². The number of halogens is 3. The minimum Gasteiger partial charge on any atom is -0.383 e. The first-order valence-corrected chi connectivity index (χ1v) is 6.86. The van der Waals surface area contributed by atoms with Crippen LogP contribution in [0.25, 0.3) is 0 Å². The van der Waals surface area contributed by atoms with Crippen molar-refractivity contribution in [2.45, 2.75) is 32.5 Å². The smallest absolute Gasteiger partial charge is 0.383 e. The highest BCUT2D eigenvalue weighted by molar-refractivity contribution is 5.51. The van der Waals surface area contributed by atoms with Crippen LogP contribution in [0.4, 0.5) is 24.8 Å². The second-order valence-corrected chi connectivity index (χ2v) is 4.79. The zero-order chi connectivity index (χ0) is 16.0. The van der Waals surface area contributed by atoms with Gasteiger partial charge in [-0.15, -0.1) is 0 Å². The Bertz CT molecular complexity index is 452. The highest BCUT2D eigenvalue weighted by Crippen LogP contribution is 2.33. The molecule has 1 aromatic heterocycles. The molecule has 0 aliphatic heterocycles. The van der Waals surface area contributed by atoms with Crippen molar-refractivity contribution >= 4 is 11.6 Å². The van der Waals surface area contributed by atoms with Crippen molar-refractivity contribution < 1.29 is 17.9 Å². The van der Waals surface area contributed by atoms with Crippen LogP contribution in [0.2, 0.25) is 0 Å². The lowest BCUT2D eigenvalue weighted by Gasteiger charge is -2.30. The standard InChI is InChI=1S/C14H22F3N3O/c1-5-10(2)20(6-7-21-4)13-9-11(14(15,16)17)8-12(18-3)19-13/h8-10H,5-7H2,1-4H3,(H,18,19). The molecule has 0 radical (unpaired) electrons. The van der Waals surface area contributed by atoms with Crippen molar-refractivity contribution in [2.24, 2.45) is 0 Å². The van der Waals surface area contributed by atoms with Gasteiger partial charge < -0.3 is 15.0 Å². The van der Waals surface area contributed by atoms with Crippen molar-refractivity contribution in [2.75, 3.05) is 37.5 Å². The third-order valence-electron chi connectivity index (χ3n) is 3.35. The fourth-order valence-electron chi connectivity index (χ4n) is 1.93. The van der Waals surface area contributed by atoms with Crippen LogP contribution >= 0.6 is 0 Å². The molecule has 4 nitrogen and oxygen atoms in total. The maximum atomic E-state index is 13.0. The van der Waals surface area contributed by atoms with Gasteiger partial charge in [0, 0.05) is 26.7 Å². The molecule has 1 rings (SSSR count). The quantitative estimate of drug-likeness (QED) is 0.838. The zero-order valence-corrected chi connectivity index (χ0v) is 12.8. The highest BCUT2D eigenvalue weighted by atomic mass is 19.4. The van der Waals surface area contributed by atoms with Gasteiger partial charge in [-0.25, -0.2) is 4.98 Å². The molecule has 1 aromatic rings. The highest BCUT2D eigenvalue weighted by Gasteiger charge is 2.32. The summed E-state index contributed by atoms with van der Waals surface area (Å²) in [6.07, 6.45) is -3.60. The third-order valence-corrected chi connectivity index (χ3v) is 3.35. The predicted octanol–water partition coefficient (Wildman–Crippen LogP) is 3.39. The molecule has 0 aromatic carbocycles. The molecule has 0 spiro atoms. The molecule has 1 heterocycles. The first-order valence-electron chi connectivity index (χ1n) is 6.86. The van der Waals surface area contributed by atoms with Gasteiger partial charge in [-0.05, 0) is 25.5 Å². The van der Waals surface area contributed by atoms with Gasteiger partial charge in [0.2, 0.25) is 0 Å². The Hall–Kier alpha value is -1.50. The summed E-state index contributed by atoms with van der Waals surface area (Å²) in [5.74, 6) is 0.506. The number of methoxy groups -OCH3 is 1. The summed E-state index contributed by atoms with van der Waals surface area (Å²) in [5, 5.41) is 2.68. The number of nitrogens with one attached hydrogen (secondary N) is 1. The summed E-state index contributed by atoms with van der Waals surface area (Å²) < 4.78 is 44.0. The number of hydrogen-bond donors (Lipinski definition) is 1. The summed E-state index contributed by atoms with van der Waals surface area (Å²) >= 11 is 0. The van der Waals surface area contributed by atoms with Gasteiger partial charge in [0.25, 0.3) is 0 Å². The van der Waals surface area contributed by atoms with E-state index in [0.29, 0.717) is 19.0 Å². The minimum absolute atomic E-state index is 0.0702. The van der Waals surface area contributed by atoms with E-state index < -0.39 is 11.7 Å². The Balaban J connectivity index is 3.22. The monoisotopic (exact) mass is 305 g/mol. The van der Waals surface area contributed by atoms with E-state index in [-0.39, 0.29) is 11.9 Å². The number of nitrogens with zero attached hydrogens (tertiary/aromatic N) is 2. The average Bonchev–Trinajstić information content (AvgIpc) is 2.46. The maximum absolute atomic E-state index is 13.0. The molecule has 0 fully saturated rings. The second kappa shape index (κ2) is 7.49. The Morgan fingerprint density at radius 1 is 1.38 bits per heavy atom. The molecule has 0 amide bonds. The summed E-state index contributed by atoms with van der Waals surface area (Å²) in [6, 6.07) is 2.16. The Morgan fingerprint density at radius 2 is 2.05 bits per heavy atom. The molecule has 0 saturated heterocycles. The summed E-state index contributed by atoms with van der Waals surface area (Å²) in [6.45, 7) is 4.85. The van der Waals surface area contributed by atoms with E-state index in [1.54, 1.807) is 14.2 Å². The predicted molar refractivity (Wildman–Crippen MR) is 77.8 cm³/mol. The molecule has 0 aliphatic rings. The second-order valence-electron chi connectivity index (χ2n) is 4.79. The van der Waals surface area contributed by atoms with E-state index in [2.05, 4.69) is 10.3 Å². The summed E-state index contributed by atoms with van der Waals surface area (Å²) in [4.78, 5) is 6.08. The molecule has 0 aliphatic carbocycles. The van der Waals surface area contributed by atoms with Crippen LogP contribution in [0, 0.1) is 0 Å². The maximum Gasteiger partial charge on any atom is 0.416 e. The lowest BCUT2D eigenvalue weighted by molar-refractivity contribution is -0.137. The van der Waals surface area contributed by atoms with Gasteiger partial charge in [-0.2, -0.15) is 13.2 Å². The fraction of sp³-hybridized carbons (Fsp3) is 0.643. The van der Waals surface area contributed by atoms with Gasteiger partial charge >= 0.3 is 6.18 Å². The van der Waals surface area contributed by atoms with E-state index in [0.717, 1.165) is 18.6 Å². The number of ether oxygens (including phenoxy) is 1. The zero-order valence-electron chi connectivity index (χ0n) is 12.8. The topological polar surface area (TPSA) is 37.4 Å². The minimum atomic E-state index is -4.40. The number of anilines is 2. The third kappa shape index (κ3) is 4.77. The van der Waals surface area contributed by atoms with Gasteiger partial charge in [0.1, 0.15) is 11.6 Å². The van der Waals surface area contributed by atoms with Crippen LogP contribution in [0.3, 0.4) is 0 Å². The number of hydrogen-bond acceptors (Lipinski definition) is 4. The SMILES string of the molecule is CCC(C)N(CCOC)c1cc(C(F)(F)F)cc(NC)n1. The molecule has 0 saturated carbocycles. The molecule has 1 unspecified atom stereocenters. The molecule has 0 bridgehead atoms. The summed E-state index contributed by atoms with van der Waals surface area (Å²) in [7, 11) is 3.11.